The zero-order valence-corrected chi connectivity index (χ0v) is 18.0. The standard InChI is InChI=1S/C22H23ClN2O4S/c23-16-6-4-15(5-7-16)20(26)18-19(17-3-1-14-30-17)25(22(28)21(18)27)9-2-8-24-10-12-29-13-11-24/h1,3-7,14,19,26H,2,8-13H2. The number of nitrogens with one attached hydrogen (secondary N) is 1. The molecule has 0 saturated carbocycles. The van der Waals surface area contributed by atoms with Crippen molar-refractivity contribution in [1.29, 1.82) is 0 Å². The van der Waals surface area contributed by atoms with Gasteiger partial charge in [0.2, 0.25) is 5.78 Å². The van der Waals surface area contributed by atoms with Crippen molar-refractivity contribution in [3.8, 4) is 0 Å². The topological polar surface area (TPSA) is 74.1 Å². The molecule has 0 aliphatic carbocycles. The molecule has 158 valence electrons. The van der Waals surface area contributed by atoms with Gasteiger partial charge in [0.1, 0.15) is 13.1 Å². The molecular formula is C22H23ClN2O4S. The lowest BCUT2D eigenvalue weighted by molar-refractivity contribution is -0.908. The molecule has 8 heteroatoms. The van der Waals surface area contributed by atoms with Crippen molar-refractivity contribution in [3.63, 3.8) is 0 Å². The predicted molar refractivity (Wildman–Crippen MR) is 113 cm³/mol. The number of morpholine rings is 1. The van der Waals surface area contributed by atoms with Crippen LogP contribution in [0.15, 0.2) is 47.4 Å². The summed E-state index contributed by atoms with van der Waals surface area (Å²) in [5, 5.41) is 15.6. The fourth-order valence-corrected chi connectivity index (χ4v) is 4.98. The smallest absolute Gasteiger partial charge is 0.295 e. The van der Waals surface area contributed by atoms with E-state index in [1.165, 1.54) is 16.2 Å². The van der Waals surface area contributed by atoms with E-state index in [2.05, 4.69) is 0 Å². The van der Waals surface area contributed by atoms with Crippen molar-refractivity contribution >= 4 is 40.4 Å². The molecule has 0 radical (unpaired) electrons. The van der Waals surface area contributed by atoms with Crippen molar-refractivity contribution in [2.75, 3.05) is 39.4 Å². The molecule has 1 aromatic carbocycles. The number of thiophene rings is 1. The molecule has 2 aliphatic rings. The molecular weight excluding hydrogens is 424 g/mol. The van der Waals surface area contributed by atoms with E-state index in [1.54, 1.807) is 29.2 Å². The lowest BCUT2D eigenvalue weighted by atomic mass is 10.00. The van der Waals surface area contributed by atoms with Crippen LogP contribution in [0.1, 0.15) is 22.9 Å². The molecule has 1 aromatic heterocycles. The number of rotatable bonds is 6. The van der Waals surface area contributed by atoms with Crippen LogP contribution in [0.4, 0.5) is 0 Å². The van der Waals surface area contributed by atoms with Crippen LogP contribution in [0.25, 0.3) is 5.76 Å². The summed E-state index contributed by atoms with van der Waals surface area (Å²) in [6.07, 6.45) is 0.763. The SMILES string of the molecule is O=C1C(=O)N(CCC[NH+]2CCOCC2)C(c2cccs2)C1=C([O-])c1ccc(Cl)cc1. The van der Waals surface area contributed by atoms with Gasteiger partial charge < -0.3 is 19.6 Å². The number of likely N-dealkylation sites (tertiary alicyclic amines) is 1. The van der Waals surface area contributed by atoms with Gasteiger partial charge in [0.15, 0.2) is 0 Å². The van der Waals surface area contributed by atoms with Crippen LogP contribution in [0.5, 0.6) is 0 Å². The fourth-order valence-electron chi connectivity index (χ4n) is 4.01. The van der Waals surface area contributed by atoms with E-state index < -0.39 is 23.5 Å². The van der Waals surface area contributed by atoms with E-state index in [4.69, 9.17) is 16.3 Å². The van der Waals surface area contributed by atoms with Crippen LogP contribution in [0, 0.1) is 0 Å². The largest absolute Gasteiger partial charge is 0.872 e. The van der Waals surface area contributed by atoms with Crippen LogP contribution in [-0.4, -0.2) is 56.0 Å². The summed E-state index contributed by atoms with van der Waals surface area (Å²) in [7, 11) is 0. The predicted octanol–water partition coefficient (Wildman–Crippen LogP) is 0.931. The molecule has 0 bridgehead atoms. The third-order valence-electron chi connectivity index (χ3n) is 5.58. The van der Waals surface area contributed by atoms with Crippen LogP contribution >= 0.6 is 22.9 Å². The van der Waals surface area contributed by atoms with E-state index >= 15 is 0 Å². The summed E-state index contributed by atoms with van der Waals surface area (Å²) < 4.78 is 5.39. The van der Waals surface area contributed by atoms with Crippen LogP contribution in [0.3, 0.4) is 0 Å². The molecule has 30 heavy (non-hydrogen) atoms. The number of nitrogens with zero attached hydrogens (tertiary/aromatic N) is 1. The summed E-state index contributed by atoms with van der Waals surface area (Å²) in [6, 6.07) is 9.51. The monoisotopic (exact) mass is 446 g/mol. The van der Waals surface area contributed by atoms with E-state index in [9.17, 15) is 14.7 Å². The van der Waals surface area contributed by atoms with Crippen molar-refractivity contribution in [2.24, 2.45) is 0 Å². The molecule has 3 heterocycles. The van der Waals surface area contributed by atoms with E-state index in [0.717, 1.165) is 44.1 Å². The van der Waals surface area contributed by atoms with Gasteiger partial charge in [-0.1, -0.05) is 35.6 Å². The molecule has 0 spiro atoms. The Kier molecular flexibility index (Phi) is 6.53. The average Bonchev–Trinajstić information content (AvgIpc) is 3.37. The minimum atomic E-state index is -0.702. The van der Waals surface area contributed by atoms with Gasteiger partial charge in [0.25, 0.3) is 5.91 Å². The number of benzene rings is 1. The van der Waals surface area contributed by atoms with Gasteiger partial charge in [-0.3, -0.25) is 9.59 Å². The minimum absolute atomic E-state index is 0.0310. The van der Waals surface area contributed by atoms with Gasteiger partial charge in [-0.05, 0) is 29.1 Å². The molecule has 1 atom stereocenters. The van der Waals surface area contributed by atoms with Crippen LogP contribution in [-0.2, 0) is 14.3 Å². The maximum absolute atomic E-state index is 13.2. The summed E-state index contributed by atoms with van der Waals surface area (Å²) in [5.74, 6) is -1.71. The van der Waals surface area contributed by atoms with Gasteiger partial charge >= 0.3 is 0 Å². The average molecular weight is 447 g/mol. The molecule has 2 fully saturated rings. The number of Topliss-reactive ketones (excluding diaryl/α,β-unsaturated/α-hetero) is 1. The lowest BCUT2D eigenvalue weighted by Gasteiger charge is -2.28. The number of hydrogen-bond donors (Lipinski definition) is 1. The molecule has 1 N–H and O–H groups in total. The first-order chi connectivity index (χ1) is 14.6. The summed E-state index contributed by atoms with van der Waals surface area (Å²) in [4.78, 5) is 29.6. The number of hydrogen-bond acceptors (Lipinski definition) is 5. The second-order valence-electron chi connectivity index (χ2n) is 7.46. The van der Waals surface area contributed by atoms with Crippen molar-refractivity contribution in [3.05, 3.63) is 62.8 Å². The van der Waals surface area contributed by atoms with Gasteiger partial charge in [0.05, 0.1) is 25.8 Å². The van der Waals surface area contributed by atoms with E-state index in [0.29, 0.717) is 17.1 Å². The molecule has 6 nitrogen and oxygen atoms in total. The summed E-state index contributed by atoms with van der Waals surface area (Å²) >= 11 is 7.37. The number of amides is 1. The summed E-state index contributed by atoms with van der Waals surface area (Å²) in [6.45, 7) is 4.75. The zero-order chi connectivity index (χ0) is 21.1. The molecule has 2 aromatic rings. The molecule has 4 rings (SSSR count). The second kappa shape index (κ2) is 9.31. The number of halogens is 1. The first-order valence-corrected chi connectivity index (χ1v) is 11.3. The number of quaternary nitrogens is 1. The Morgan fingerprint density at radius 1 is 1.20 bits per heavy atom. The Labute approximate surface area is 184 Å². The van der Waals surface area contributed by atoms with Gasteiger partial charge in [0, 0.05) is 28.4 Å². The quantitative estimate of drug-likeness (QED) is 0.407. The highest BCUT2D eigenvalue weighted by Gasteiger charge is 2.44. The van der Waals surface area contributed by atoms with Crippen molar-refractivity contribution in [1.82, 2.24) is 4.90 Å². The Morgan fingerprint density at radius 2 is 1.93 bits per heavy atom. The van der Waals surface area contributed by atoms with Crippen molar-refractivity contribution < 1.29 is 24.3 Å². The maximum atomic E-state index is 13.2. The number of ketones is 1. The third-order valence-corrected chi connectivity index (χ3v) is 6.75. The zero-order valence-electron chi connectivity index (χ0n) is 16.4. The minimum Gasteiger partial charge on any atom is -0.872 e. The van der Waals surface area contributed by atoms with E-state index in [1.807, 2.05) is 17.5 Å². The lowest BCUT2D eigenvalue weighted by Crippen LogP contribution is -3.14. The van der Waals surface area contributed by atoms with Gasteiger partial charge in [-0.25, -0.2) is 0 Å². The first-order valence-electron chi connectivity index (χ1n) is 10.0. The Bertz CT molecular complexity index is 937. The second-order valence-corrected chi connectivity index (χ2v) is 8.88. The number of ether oxygens (including phenoxy) is 1. The number of carbonyl (C=O) groups excluding carboxylic acids is 2. The molecule has 2 aliphatic heterocycles. The Morgan fingerprint density at radius 3 is 2.60 bits per heavy atom. The fraction of sp³-hybridized carbons (Fsp3) is 0.364. The highest BCUT2D eigenvalue weighted by molar-refractivity contribution is 7.10. The molecule has 2 saturated heterocycles. The van der Waals surface area contributed by atoms with Crippen LogP contribution in [0.2, 0.25) is 5.02 Å². The van der Waals surface area contributed by atoms with E-state index in [-0.39, 0.29) is 5.57 Å². The molecule has 1 amide bonds. The number of carbonyl (C=O) groups is 2. The first kappa shape index (κ1) is 21.1. The Hall–Kier alpha value is -2.19. The summed E-state index contributed by atoms with van der Waals surface area (Å²) in [5.41, 5.74) is 0.389. The maximum Gasteiger partial charge on any atom is 0.295 e. The van der Waals surface area contributed by atoms with Gasteiger partial charge in [-0.2, -0.15) is 0 Å². The highest BCUT2D eigenvalue weighted by Crippen LogP contribution is 2.40. The third kappa shape index (κ3) is 4.30. The van der Waals surface area contributed by atoms with Crippen LogP contribution < -0.4 is 10.0 Å². The normalized spacial score (nSPS) is 22.0. The highest BCUT2D eigenvalue weighted by atomic mass is 35.5. The van der Waals surface area contributed by atoms with Gasteiger partial charge in [-0.15, -0.1) is 11.3 Å². The van der Waals surface area contributed by atoms with Crippen molar-refractivity contribution in [2.45, 2.75) is 12.5 Å². The molecule has 1 unspecified atom stereocenters. The Balaban J connectivity index is 1.61.